The summed E-state index contributed by atoms with van der Waals surface area (Å²) in [6.07, 6.45) is -3.86. The Balaban J connectivity index is 2.80. The Morgan fingerprint density at radius 2 is 1.89 bits per heavy atom. The summed E-state index contributed by atoms with van der Waals surface area (Å²) in [5.74, 6) is -3.70. The van der Waals surface area contributed by atoms with Crippen molar-refractivity contribution in [3.63, 3.8) is 0 Å². The summed E-state index contributed by atoms with van der Waals surface area (Å²) in [5.41, 5.74) is 2.29. The third-order valence-electron chi connectivity index (χ3n) is 3.21. The van der Waals surface area contributed by atoms with Crippen molar-refractivity contribution in [3.05, 3.63) is 0 Å². The molecule has 1 rings (SSSR count). The van der Waals surface area contributed by atoms with Gasteiger partial charge in [-0.15, -0.1) is 0 Å². The number of rotatable bonds is 3. The van der Waals surface area contributed by atoms with Crippen molar-refractivity contribution < 1.29 is 27.9 Å². The first kappa shape index (κ1) is 14.7. The monoisotopic (exact) mass is 268 g/mol. The second kappa shape index (κ2) is 4.75. The normalized spacial score (nSPS) is 27.6. The molecule has 0 aromatic heterocycles. The summed E-state index contributed by atoms with van der Waals surface area (Å²) < 4.78 is 38.0. The Hall–Kier alpha value is -1.31. The minimum atomic E-state index is -5.06. The molecule has 0 bridgehead atoms. The summed E-state index contributed by atoms with van der Waals surface area (Å²) in [6, 6.07) is -0.220. The van der Waals surface area contributed by atoms with Crippen LogP contribution in [0.1, 0.15) is 26.2 Å². The second-order valence-electron chi connectivity index (χ2n) is 4.69. The number of amides is 1. The number of carboxylic acids is 1. The second-order valence-corrected chi connectivity index (χ2v) is 4.69. The van der Waals surface area contributed by atoms with Crippen LogP contribution in [0.25, 0.3) is 0 Å². The highest BCUT2D eigenvalue weighted by Gasteiger charge is 2.58. The SMILES string of the molecule is CC(NC(=O)C1CCC(N)C1)(C(=O)O)C(F)(F)F. The molecular formula is C10H15F3N2O3. The maximum absolute atomic E-state index is 12.7. The molecule has 0 aliphatic heterocycles. The van der Waals surface area contributed by atoms with Crippen molar-refractivity contribution in [2.24, 2.45) is 11.7 Å². The van der Waals surface area contributed by atoms with Crippen LogP contribution in [0.3, 0.4) is 0 Å². The maximum Gasteiger partial charge on any atom is 0.422 e. The fourth-order valence-electron chi connectivity index (χ4n) is 1.85. The lowest BCUT2D eigenvalue weighted by Gasteiger charge is -2.29. The fourth-order valence-corrected chi connectivity index (χ4v) is 1.85. The minimum absolute atomic E-state index is 0.220. The number of alkyl halides is 3. The first-order chi connectivity index (χ1) is 8.08. The number of hydrogen-bond donors (Lipinski definition) is 3. The molecule has 0 aromatic rings. The molecule has 8 heteroatoms. The van der Waals surface area contributed by atoms with E-state index in [1.54, 1.807) is 5.32 Å². The van der Waals surface area contributed by atoms with Crippen LogP contribution in [-0.2, 0) is 9.59 Å². The molecule has 4 N–H and O–H groups in total. The first-order valence-electron chi connectivity index (χ1n) is 5.45. The first-order valence-corrected chi connectivity index (χ1v) is 5.45. The van der Waals surface area contributed by atoms with Gasteiger partial charge in [0, 0.05) is 12.0 Å². The van der Waals surface area contributed by atoms with Gasteiger partial charge in [-0.3, -0.25) is 4.79 Å². The van der Waals surface area contributed by atoms with Crippen LogP contribution in [0, 0.1) is 5.92 Å². The van der Waals surface area contributed by atoms with Crippen molar-refractivity contribution in [3.8, 4) is 0 Å². The molecule has 3 atom stereocenters. The number of nitrogens with two attached hydrogens (primary N) is 1. The van der Waals surface area contributed by atoms with E-state index in [-0.39, 0.29) is 12.5 Å². The van der Waals surface area contributed by atoms with Crippen molar-refractivity contribution in [2.75, 3.05) is 0 Å². The smallest absolute Gasteiger partial charge is 0.422 e. The quantitative estimate of drug-likeness (QED) is 0.700. The van der Waals surface area contributed by atoms with E-state index in [1.807, 2.05) is 0 Å². The molecule has 1 aliphatic carbocycles. The maximum atomic E-state index is 12.7. The van der Waals surface area contributed by atoms with Gasteiger partial charge in [-0.1, -0.05) is 0 Å². The van der Waals surface area contributed by atoms with Gasteiger partial charge in [-0.25, -0.2) is 4.79 Å². The fraction of sp³-hybridized carbons (Fsp3) is 0.800. The van der Waals surface area contributed by atoms with Crippen LogP contribution in [0.5, 0.6) is 0 Å². The molecule has 0 spiro atoms. The lowest BCUT2D eigenvalue weighted by atomic mass is 9.99. The van der Waals surface area contributed by atoms with Gasteiger partial charge in [0.2, 0.25) is 11.4 Å². The average molecular weight is 268 g/mol. The lowest BCUT2D eigenvalue weighted by molar-refractivity contribution is -0.207. The van der Waals surface area contributed by atoms with E-state index < -0.39 is 29.5 Å². The zero-order chi connectivity index (χ0) is 14.1. The predicted octanol–water partition coefficient (Wildman–Crippen LogP) is 0.636. The zero-order valence-electron chi connectivity index (χ0n) is 9.75. The third-order valence-corrected chi connectivity index (χ3v) is 3.21. The Kier molecular flexibility index (Phi) is 3.89. The molecule has 1 fully saturated rings. The van der Waals surface area contributed by atoms with Crippen LogP contribution >= 0.6 is 0 Å². The molecule has 0 radical (unpaired) electrons. The van der Waals surface area contributed by atoms with Crippen LogP contribution in [0.4, 0.5) is 13.2 Å². The molecule has 3 unspecified atom stereocenters. The summed E-state index contributed by atoms with van der Waals surface area (Å²) in [7, 11) is 0. The van der Waals surface area contributed by atoms with Crippen LogP contribution in [0.2, 0.25) is 0 Å². The Morgan fingerprint density at radius 3 is 2.22 bits per heavy atom. The summed E-state index contributed by atoms with van der Waals surface area (Å²) in [6.45, 7) is 0.433. The number of halogens is 3. The third kappa shape index (κ3) is 2.74. The summed E-state index contributed by atoms with van der Waals surface area (Å²) in [4.78, 5) is 22.4. The molecule has 0 saturated heterocycles. The van der Waals surface area contributed by atoms with E-state index in [2.05, 4.69) is 0 Å². The Bertz CT molecular complexity index is 359. The van der Waals surface area contributed by atoms with Gasteiger partial charge in [-0.2, -0.15) is 13.2 Å². The molecule has 0 aromatic carbocycles. The van der Waals surface area contributed by atoms with Gasteiger partial charge in [0.25, 0.3) is 0 Å². The average Bonchev–Trinajstić information content (AvgIpc) is 2.62. The largest absolute Gasteiger partial charge is 0.479 e. The van der Waals surface area contributed by atoms with E-state index in [9.17, 15) is 22.8 Å². The van der Waals surface area contributed by atoms with E-state index in [1.165, 1.54) is 0 Å². The van der Waals surface area contributed by atoms with E-state index >= 15 is 0 Å². The Labute approximate surface area is 102 Å². The van der Waals surface area contributed by atoms with E-state index in [0.29, 0.717) is 19.8 Å². The standard InChI is InChI=1S/C10H15F3N2O3/c1-9(8(17)18,10(11,12)13)15-7(16)5-2-3-6(14)4-5/h5-6H,2-4,14H2,1H3,(H,15,16)(H,17,18). The van der Waals surface area contributed by atoms with Gasteiger partial charge in [0.1, 0.15) is 0 Å². The van der Waals surface area contributed by atoms with E-state index in [4.69, 9.17) is 10.8 Å². The number of aliphatic carboxylic acids is 1. The molecule has 1 amide bonds. The lowest BCUT2D eigenvalue weighted by Crippen LogP contribution is -2.62. The van der Waals surface area contributed by atoms with Crippen LogP contribution in [0.15, 0.2) is 0 Å². The molecule has 1 aliphatic rings. The van der Waals surface area contributed by atoms with E-state index in [0.717, 1.165) is 0 Å². The Morgan fingerprint density at radius 1 is 1.33 bits per heavy atom. The van der Waals surface area contributed by atoms with Gasteiger partial charge in [0.15, 0.2) is 0 Å². The highest BCUT2D eigenvalue weighted by molar-refractivity contribution is 5.88. The molecule has 18 heavy (non-hydrogen) atoms. The molecule has 0 heterocycles. The van der Waals surface area contributed by atoms with Crippen molar-refractivity contribution in [1.29, 1.82) is 0 Å². The molecule has 5 nitrogen and oxygen atoms in total. The van der Waals surface area contributed by atoms with Gasteiger partial charge < -0.3 is 16.2 Å². The topological polar surface area (TPSA) is 92.4 Å². The number of hydrogen-bond acceptors (Lipinski definition) is 3. The molecular weight excluding hydrogens is 253 g/mol. The molecule has 104 valence electrons. The number of carbonyl (C=O) groups excluding carboxylic acids is 1. The highest BCUT2D eigenvalue weighted by atomic mass is 19.4. The van der Waals surface area contributed by atoms with Gasteiger partial charge in [0.05, 0.1) is 0 Å². The number of carbonyl (C=O) groups is 2. The van der Waals surface area contributed by atoms with Crippen LogP contribution in [-0.4, -0.2) is 34.7 Å². The zero-order valence-corrected chi connectivity index (χ0v) is 9.75. The van der Waals surface area contributed by atoms with Crippen molar-refractivity contribution in [2.45, 2.75) is 43.9 Å². The number of carboxylic acid groups (broad SMARTS) is 1. The number of nitrogens with one attached hydrogen (secondary N) is 1. The summed E-state index contributed by atoms with van der Waals surface area (Å²) in [5, 5.41) is 10.2. The summed E-state index contributed by atoms with van der Waals surface area (Å²) >= 11 is 0. The predicted molar refractivity (Wildman–Crippen MR) is 55.6 cm³/mol. The minimum Gasteiger partial charge on any atom is -0.479 e. The van der Waals surface area contributed by atoms with Crippen molar-refractivity contribution >= 4 is 11.9 Å². The van der Waals surface area contributed by atoms with Crippen molar-refractivity contribution in [1.82, 2.24) is 5.32 Å². The van der Waals surface area contributed by atoms with Crippen LogP contribution < -0.4 is 11.1 Å². The van der Waals surface area contributed by atoms with Gasteiger partial charge in [-0.05, 0) is 26.2 Å². The molecule has 1 saturated carbocycles. The van der Waals surface area contributed by atoms with Gasteiger partial charge >= 0.3 is 12.1 Å². The highest BCUT2D eigenvalue weighted by Crippen LogP contribution is 2.32.